The molecule has 2 aliphatic rings. The van der Waals surface area contributed by atoms with Gasteiger partial charge in [0.15, 0.2) is 0 Å². The van der Waals surface area contributed by atoms with Crippen molar-refractivity contribution in [3.63, 3.8) is 0 Å². The highest BCUT2D eigenvalue weighted by atomic mass is 16.2. The van der Waals surface area contributed by atoms with Gasteiger partial charge < -0.3 is 20.1 Å². The molecule has 0 aromatic carbocycles. The number of imidazole rings is 1. The Morgan fingerprint density at radius 1 is 1.46 bits per heavy atom. The van der Waals surface area contributed by atoms with Crippen LogP contribution in [0.15, 0.2) is 12.4 Å². The summed E-state index contributed by atoms with van der Waals surface area (Å²) in [4.78, 5) is 30.3. The molecule has 24 heavy (non-hydrogen) atoms. The van der Waals surface area contributed by atoms with Crippen molar-refractivity contribution in [3.8, 4) is 0 Å². The van der Waals surface area contributed by atoms with Crippen LogP contribution in [0.1, 0.15) is 39.4 Å². The molecule has 3 atom stereocenters. The van der Waals surface area contributed by atoms with Gasteiger partial charge in [0, 0.05) is 37.9 Å². The van der Waals surface area contributed by atoms with Gasteiger partial charge in [-0.3, -0.25) is 4.79 Å². The van der Waals surface area contributed by atoms with E-state index in [0.717, 1.165) is 18.8 Å². The van der Waals surface area contributed by atoms with Crippen LogP contribution in [-0.2, 0) is 17.9 Å². The van der Waals surface area contributed by atoms with Gasteiger partial charge in [-0.05, 0) is 18.3 Å². The van der Waals surface area contributed by atoms with Crippen molar-refractivity contribution < 1.29 is 9.59 Å². The van der Waals surface area contributed by atoms with Crippen molar-refractivity contribution in [1.82, 2.24) is 25.1 Å². The lowest BCUT2D eigenvalue weighted by atomic mass is 10.2. The van der Waals surface area contributed by atoms with Crippen LogP contribution in [-0.4, -0.2) is 45.0 Å². The molecular formula is C17H27N5O2. The average Bonchev–Trinajstić information content (AvgIpc) is 2.90. The second-order valence-electron chi connectivity index (χ2n) is 7.44. The summed E-state index contributed by atoms with van der Waals surface area (Å²) in [6.07, 6.45) is 5.17. The first-order valence-electron chi connectivity index (χ1n) is 8.78. The Balaban J connectivity index is 1.45. The minimum Gasteiger partial charge on any atom is -0.337 e. The van der Waals surface area contributed by atoms with E-state index in [1.165, 1.54) is 0 Å². The Morgan fingerprint density at radius 3 is 2.88 bits per heavy atom. The van der Waals surface area contributed by atoms with E-state index in [2.05, 4.69) is 41.0 Å². The molecule has 0 bridgehead atoms. The van der Waals surface area contributed by atoms with Gasteiger partial charge in [0.1, 0.15) is 5.82 Å². The maximum absolute atomic E-state index is 12.1. The summed E-state index contributed by atoms with van der Waals surface area (Å²) < 4.78 is 2.06. The molecule has 0 spiro atoms. The zero-order chi connectivity index (χ0) is 17.3. The highest BCUT2D eigenvalue weighted by Crippen LogP contribution is 2.37. The molecule has 2 fully saturated rings. The number of nitrogens with one attached hydrogen (secondary N) is 2. The highest BCUT2D eigenvalue weighted by molar-refractivity contribution is 5.82. The lowest BCUT2D eigenvalue weighted by molar-refractivity contribution is -0.128. The van der Waals surface area contributed by atoms with E-state index in [-0.39, 0.29) is 18.0 Å². The Bertz CT molecular complexity index is 612. The third-order valence-corrected chi connectivity index (χ3v) is 4.73. The van der Waals surface area contributed by atoms with Gasteiger partial charge in [-0.2, -0.15) is 0 Å². The molecule has 132 valence electrons. The maximum atomic E-state index is 12.1. The number of amides is 3. The number of hydrogen-bond donors (Lipinski definition) is 2. The van der Waals surface area contributed by atoms with Crippen LogP contribution in [0, 0.1) is 11.8 Å². The molecule has 3 unspecified atom stereocenters. The van der Waals surface area contributed by atoms with Gasteiger partial charge in [0.05, 0.1) is 12.6 Å². The fourth-order valence-corrected chi connectivity index (χ4v) is 3.35. The van der Waals surface area contributed by atoms with E-state index >= 15 is 0 Å². The van der Waals surface area contributed by atoms with Crippen LogP contribution in [0.25, 0.3) is 0 Å². The Hall–Kier alpha value is -2.05. The van der Waals surface area contributed by atoms with Crippen molar-refractivity contribution >= 4 is 11.9 Å². The quantitative estimate of drug-likeness (QED) is 0.825. The third-order valence-electron chi connectivity index (χ3n) is 4.73. The molecule has 1 aliphatic carbocycles. The van der Waals surface area contributed by atoms with Crippen LogP contribution < -0.4 is 10.6 Å². The predicted octanol–water partition coefficient (Wildman–Crippen LogP) is 1.35. The summed E-state index contributed by atoms with van der Waals surface area (Å²) in [7, 11) is 0. The third kappa shape index (κ3) is 3.88. The van der Waals surface area contributed by atoms with Crippen molar-refractivity contribution in [3.05, 3.63) is 18.2 Å². The standard InChI is InChI=1S/C17H27N5O2/c1-11(2)9-21-5-4-18-15(21)8-19-17(24)20-13-7-16(23)22(10-13)14-6-12(14)3/h4-5,11-14H,6-10H2,1-3H3,(H2,19,20,24). The summed E-state index contributed by atoms with van der Waals surface area (Å²) in [6, 6.07) is 0.0502. The van der Waals surface area contributed by atoms with Crippen molar-refractivity contribution in [1.29, 1.82) is 0 Å². The van der Waals surface area contributed by atoms with Crippen molar-refractivity contribution in [2.45, 2.75) is 58.8 Å². The number of aromatic nitrogens is 2. The van der Waals surface area contributed by atoms with Gasteiger partial charge >= 0.3 is 6.03 Å². The van der Waals surface area contributed by atoms with E-state index in [4.69, 9.17) is 0 Å². The number of carbonyl (C=O) groups is 2. The topological polar surface area (TPSA) is 79.3 Å². The van der Waals surface area contributed by atoms with Crippen LogP contribution in [0.4, 0.5) is 4.79 Å². The molecule has 1 aliphatic heterocycles. The second kappa shape index (κ2) is 6.83. The predicted molar refractivity (Wildman–Crippen MR) is 90.1 cm³/mol. The monoisotopic (exact) mass is 333 g/mol. The van der Waals surface area contributed by atoms with E-state index in [1.807, 2.05) is 11.1 Å². The molecule has 0 radical (unpaired) electrons. The number of urea groups is 1. The van der Waals surface area contributed by atoms with Gasteiger partial charge in [0.2, 0.25) is 5.91 Å². The highest BCUT2D eigenvalue weighted by Gasteiger charge is 2.44. The van der Waals surface area contributed by atoms with E-state index in [0.29, 0.717) is 37.4 Å². The fraction of sp³-hybridized carbons (Fsp3) is 0.706. The van der Waals surface area contributed by atoms with Crippen molar-refractivity contribution in [2.24, 2.45) is 11.8 Å². The summed E-state index contributed by atoms with van der Waals surface area (Å²) in [6.45, 7) is 8.34. The van der Waals surface area contributed by atoms with Crippen LogP contribution in [0.2, 0.25) is 0 Å². The van der Waals surface area contributed by atoms with Gasteiger partial charge in [0.25, 0.3) is 0 Å². The SMILES string of the molecule is CC(C)Cn1ccnc1CNC(=O)NC1CC(=O)N(C2CC2C)C1. The van der Waals surface area contributed by atoms with E-state index < -0.39 is 0 Å². The number of rotatable bonds is 6. The van der Waals surface area contributed by atoms with Gasteiger partial charge in [-0.25, -0.2) is 9.78 Å². The number of nitrogens with zero attached hydrogens (tertiary/aromatic N) is 3. The molecule has 7 nitrogen and oxygen atoms in total. The van der Waals surface area contributed by atoms with Crippen LogP contribution >= 0.6 is 0 Å². The summed E-state index contributed by atoms with van der Waals surface area (Å²) in [5, 5.41) is 5.76. The molecule has 2 heterocycles. The zero-order valence-electron chi connectivity index (χ0n) is 14.7. The Kier molecular flexibility index (Phi) is 4.78. The lowest BCUT2D eigenvalue weighted by Gasteiger charge is -2.17. The normalized spacial score (nSPS) is 26.1. The summed E-state index contributed by atoms with van der Waals surface area (Å²) in [5.41, 5.74) is 0. The molecule has 7 heteroatoms. The molecule has 3 rings (SSSR count). The largest absolute Gasteiger partial charge is 0.337 e. The Morgan fingerprint density at radius 2 is 2.21 bits per heavy atom. The smallest absolute Gasteiger partial charge is 0.315 e. The minimum absolute atomic E-state index is 0.0966. The molecular weight excluding hydrogens is 306 g/mol. The summed E-state index contributed by atoms with van der Waals surface area (Å²) >= 11 is 0. The minimum atomic E-state index is -0.238. The van der Waals surface area contributed by atoms with Crippen LogP contribution in [0.3, 0.4) is 0 Å². The summed E-state index contributed by atoms with van der Waals surface area (Å²) in [5.74, 6) is 2.12. The molecule has 1 aromatic rings. The lowest BCUT2D eigenvalue weighted by Crippen LogP contribution is -2.43. The van der Waals surface area contributed by atoms with Crippen molar-refractivity contribution in [2.75, 3.05) is 6.54 Å². The van der Waals surface area contributed by atoms with E-state index in [9.17, 15) is 9.59 Å². The number of carbonyl (C=O) groups excluding carboxylic acids is 2. The molecule has 2 N–H and O–H groups in total. The molecule has 1 saturated carbocycles. The zero-order valence-corrected chi connectivity index (χ0v) is 14.7. The van der Waals surface area contributed by atoms with E-state index in [1.54, 1.807) is 6.20 Å². The first kappa shape index (κ1) is 16.8. The fourth-order valence-electron chi connectivity index (χ4n) is 3.35. The number of likely N-dealkylation sites (tertiary alicyclic amines) is 1. The first-order chi connectivity index (χ1) is 11.4. The van der Waals surface area contributed by atoms with Gasteiger partial charge in [-0.15, -0.1) is 0 Å². The van der Waals surface area contributed by atoms with Crippen LogP contribution in [0.5, 0.6) is 0 Å². The molecule has 1 aromatic heterocycles. The average molecular weight is 333 g/mol. The number of hydrogen-bond acceptors (Lipinski definition) is 3. The second-order valence-corrected chi connectivity index (χ2v) is 7.44. The first-order valence-corrected chi connectivity index (χ1v) is 8.78. The van der Waals surface area contributed by atoms with Gasteiger partial charge in [-0.1, -0.05) is 20.8 Å². The Labute approximate surface area is 142 Å². The maximum Gasteiger partial charge on any atom is 0.315 e. The molecule has 1 saturated heterocycles. The molecule has 3 amide bonds.